The third kappa shape index (κ3) is 2.91. The topological polar surface area (TPSA) is 43.9 Å². The van der Waals surface area contributed by atoms with Crippen molar-refractivity contribution in [2.24, 2.45) is 5.41 Å². The lowest BCUT2D eigenvalue weighted by Crippen LogP contribution is -2.50. The van der Waals surface area contributed by atoms with E-state index in [0.29, 0.717) is 6.04 Å². The van der Waals surface area contributed by atoms with Crippen LogP contribution in [0.25, 0.3) is 0 Å². The number of likely N-dealkylation sites (N-methyl/N-ethyl adjacent to an activating group) is 1. The first kappa shape index (κ1) is 15.1. The van der Waals surface area contributed by atoms with E-state index in [0.717, 1.165) is 45.6 Å². The molecular formula is C15H27N3O2. The average molecular weight is 281 g/mol. The number of amides is 3. The van der Waals surface area contributed by atoms with E-state index in [9.17, 15) is 9.59 Å². The van der Waals surface area contributed by atoms with Crippen LogP contribution in [0, 0.1) is 5.41 Å². The summed E-state index contributed by atoms with van der Waals surface area (Å²) in [5.74, 6) is 0.221. The molecule has 0 aromatic rings. The Morgan fingerprint density at radius 2 is 1.75 bits per heavy atom. The normalized spacial score (nSPS) is 21.8. The molecule has 5 heteroatoms. The average Bonchev–Trinajstić information content (AvgIpc) is 2.78. The zero-order chi connectivity index (χ0) is 14.9. The van der Waals surface area contributed by atoms with Gasteiger partial charge < -0.3 is 14.7 Å². The van der Waals surface area contributed by atoms with Gasteiger partial charge in [-0.15, -0.1) is 0 Å². The molecule has 2 heterocycles. The van der Waals surface area contributed by atoms with E-state index in [1.807, 2.05) is 42.4 Å². The minimum Gasteiger partial charge on any atom is -0.342 e. The first-order valence-electron chi connectivity index (χ1n) is 7.69. The van der Waals surface area contributed by atoms with E-state index >= 15 is 0 Å². The molecule has 2 aliphatic heterocycles. The fourth-order valence-corrected chi connectivity index (χ4v) is 3.09. The minimum absolute atomic E-state index is 0.174. The Morgan fingerprint density at radius 3 is 2.20 bits per heavy atom. The molecule has 0 N–H and O–H groups in total. The Bertz CT molecular complexity index is 381. The third-order valence-electron chi connectivity index (χ3n) is 4.34. The van der Waals surface area contributed by atoms with Gasteiger partial charge in [0.25, 0.3) is 0 Å². The summed E-state index contributed by atoms with van der Waals surface area (Å²) in [6.45, 7) is 11.9. The van der Waals surface area contributed by atoms with E-state index < -0.39 is 0 Å². The Hall–Kier alpha value is -1.26. The van der Waals surface area contributed by atoms with Gasteiger partial charge >= 0.3 is 6.03 Å². The van der Waals surface area contributed by atoms with Crippen LogP contribution in [0.2, 0.25) is 0 Å². The Labute approximate surface area is 121 Å². The van der Waals surface area contributed by atoms with E-state index in [-0.39, 0.29) is 17.4 Å². The molecule has 0 radical (unpaired) electrons. The molecule has 2 fully saturated rings. The van der Waals surface area contributed by atoms with Crippen LogP contribution in [0.15, 0.2) is 0 Å². The minimum atomic E-state index is -0.310. The maximum atomic E-state index is 12.2. The van der Waals surface area contributed by atoms with Crippen molar-refractivity contribution in [3.63, 3.8) is 0 Å². The molecule has 5 nitrogen and oxygen atoms in total. The molecule has 0 unspecified atom stereocenters. The smallest absolute Gasteiger partial charge is 0.320 e. The molecule has 0 bridgehead atoms. The fourth-order valence-electron chi connectivity index (χ4n) is 3.09. The highest BCUT2D eigenvalue weighted by atomic mass is 16.2. The lowest BCUT2D eigenvalue weighted by molar-refractivity contribution is -0.140. The number of carbonyl (C=O) groups excluding carboxylic acids is 2. The fraction of sp³-hybridized carbons (Fsp3) is 0.867. The largest absolute Gasteiger partial charge is 0.342 e. The molecule has 0 spiro atoms. The molecule has 2 saturated heterocycles. The van der Waals surface area contributed by atoms with Crippen molar-refractivity contribution >= 4 is 11.9 Å². The summed E-state index contributed by atoms with van der Waals surface area (Å²) in [5.41, 5.74) is -0.310. The van der Waals surface area contributed by atoms with Crippen molar-refractivity contribution in [3.8, 4) is 0 Å². The second-order valence-corrected chi connectivity index (χ2v) is 6.83. The number of hydrogen-bond donors (Lipinski definition) is 0. The number of likely N-dealkylation sites (tertiary alicyclic amines) is 1. The van der Waals surface area contributed by atoms with Crippen LogP contribution in [0.3, 0.4) is 0 Å². The van der Waals surface area contributed by atoms with Crippen LogP contribution < -0.4 is 0 Å². The van der Waals surface area contributed by atoms with Crippen LogP contribution in [-0.2, 0) is 4.79 Å². The third-order valence-corrected chi connectivity index (χ3v) is 4.34. The van der Waals surface area contributed by atoms with E-state index in [4.69, 9.17) is 0 Å². The molecule has 2 rings (SSSR count). The Balaban J connectivity index is 1.89. The standard InChI is InChI=1S/C15H27N3O2/c1-5-16-10-11-18(14(16)20)12-6-8-17(9-7-12)13(19)15(2,3)4/h12H,5-11H2,1-4H3. The molecule has 0 saturated carbocycles. The number of hydrogen-bond acceptors (Lipinski definition) is 2. The second-order valence-electron chi connectivity index (χ2n) is 6.83. The first-order valence-corrected chi connectivity index (χ1v) is 7.69. The summed E-state index contributed by atoms with van der Waals surface area (Å²) >= 11 is 0. The number of nitrogens with zero attached hydrogens (tertiary/aromatic N) is 3. The van der Waals surface area contributed by atoms with Gasteiger partial charge in [-0.1, -0.05) is 20.8 Å². The van der Waals surface area contributed by atoms with Crippen molar-refractivity contribution in [2.75, 3.05) is 32.7 Å². The predicted octanol–water partition coefficient (Wildman–Crippen LogP) is 1.78. The lowest BCUT2D eigenvalue weighted by atomic mass is 9.93. The molecule has 2 aliphatic rings. The molecule has 3 amide bonds. The first-order chi connectivity index (χ1) is 9.34. The lowest BCUT2D eigenvalue weighted by Gasteiger charge is -2.38. The molecule has 0 atom stereocenters. The van der Waals surface area contributed by atoms with E-state index in [2.05, 4.69) is 0 Å². The summed E-state index contributed by atoms with van der Waals surface area (Å²) in [6, 6.07) is 0.483. The quantitative estimate of drug-likeness (QED) is 0.774. The number of carbonyl (C=O) groups is 2. The zero-order valence-electron chi connectivity index (χ0n) is 13.2. The van der Waals surface area contributed by atoms with E-state index in [1.54, 1.807) is 0 Å². The Kier molecular flexibility index (Phi) is 4.25. The van der Waals surface area contributed by atoms with Gasteiger partial charge in [-0.2, -0.15) is 0 Å². The van der Waals surface area contributed by atoms with Gasteiger partial charge in [-0.3, -0.25) is 4.79 Å². The SMILES string of the molecule is CCN1CCN(C2CCN(C(=O)C(C)(C)C)CC2)C1=O. The van der Waals surface area contributed by atoms with Crippen molar-refractivity contribution in [2.45, 2.75) is 46.6 Å². The van der Waals surface area contributed by atoms with Crippen LogP contribution in [0.5, 0.6) is 0 Å². The van der Waals surface area contributed by atoms with Gasteiger partial charge in [0.2, 0.25) is 5.91 Å². The molecule has 0 aromatic carbocycles. The molecular weight excluding hydrogens is 254 g/mol. The number of rotatable bonds is 2. The summed E-state index contributed by atoms with van der Waals surface area (Å²) < 4.78 is 0. The van der Waals surface area contributed by atoms with Gasteiger partial charge in [-0.25, -0.2) is 4.79 Å². The summed E-state index contributed by atoms with van der Waals surface area (Å²) in [7, 11) is 0. The maximum Gasteiger partial charge on any atom is 0.320 e. The van der Waals surface area contributed by atoms with Gasteiger partial charge in [0, 0.05) is 44.2 Å². The van der Waals surface area contributed by atoms with Crippen LogP contribution in [0.1, 0.15) is 40.5 Å². The van der Waals surface area contributed by atoms with Crippen LogP contribution in [-0.4, -0.2) is 65.4 Å². The van der Waals surface area contributed by atoms with Gasteiger partial charge in [0.1, 0.15) is 0 Å². The van der Waals surface area contributed by atoms with Crippen LogP contribution >= 0.6 is 0 Å². The highest BCUT2D eigenvalue weighted by Crippen LogP contribution is 2.25. The molecule has 0 aliphatic carbocycles. The molecule has 114 valence electrons. The van der Waals surface area contributed by atoms with Gasteiger partial charge in [0.15, 0.2) is 0 Å². The highest BCUT2D eigenvalue weighted by Gasteiger charge is 2.36. The molecule has 20 heavy (non-hydrogen) atoms. The van der Waals surface area contributed by atoms with Crippen molar-refractivity contribution < 1.29 is 9.59 Å². The van der Waals surface area contributed by atoms with Gasteiger partial charge in [-0.05, 0) is 19.8 Å². The van der Waals surface area contributed by atoms with Crippen LogP contribution in [0.4, 0.5) is 4.79 Å². The van der Waals surface area contributed by atoms with Gasteiger partial charge in [0.05, 0.1) is 0 Å². The zero-order valence-corrected chi connectivity index (χ0v) is 13.2. The monoisotopic (exact) mass is 281 g/mol. The predicted molar refractivity (Wildman–Crippen MR) is 78.4 cm³/mol. The maximum absolute atomic E-state index is 12.2. The second kappa shape index (κ2) is 5.62. The molecule has 0 aromatic heterocycles. The van der Waals surface area contributed by atoms with Crippen molar-refractivity contribution in [1.29, 1.82) is 0 Å². The van der Waals surface area contributed by atoms with E-state index in [1.165, 1.54) is 0 Å². The highest BCUT2D eigenvalue weighted by molar-refractivity contribution is 5.81. The van der Waals surface area contributed by atoms with Crippen molar-refractivity contribution in [1.82, 2.24) is 14.7 Å². The Morgan fingerprint density at radius 1 is 1.15 bits per heavy atom. The number of piperidine rings is 1. The van der Waals surface area contributed by atoms with Crippen molar-refractivity contribution in [3.05, 3.63) is 0 Å². The summed E-state index contributed by atoms with van der Waals surface area (Å²) in [4.78, 5) is 30.3. The summed E-state index contributed by atoms with van der Waals surface area (Å²) in [6.07, 6.45) is 1.82. The summed E-state index contributed by atoms with van der Waals surface area (Å²) in [5, 5.41) is 0. The number of urea groups is 1.